The number of carbonyl (C=O) groups is 1. The fourth-order valence-corrected chi connectivity index (χ4v) is 2.02. The van der Waals surface area contributed by atoms with Crippen molar-refractivity contribution in [1.82, 2.24) is 10.6 Å². The molecule has 15 heavy (non-hydrogen) atoms. The molecule has 88 valence electrons. The van der Waals surface area contributed by atoms with Crippen molar-refractivity contribution in [1.29, 1.82) is 0 Å². The summed E-state index contributed by atoms with van der Waals surface area (Å²) in [6.07, 6.45) is 6.97. The third kappa shape index (κ3) is 5.05. The molecule has 0 bridgehead atoms. The highest BCUT2D eigenvalue weighted by molar-refractivity contribution is 5.74. The molecule has 1 rings (SSSR count). The van der Waals surface area contributed by atoms with Gasteiger partial charge in [-0.05, 0) is 38.0 Å². The molecule has 0 spiro atoms. The Balaban J connectivity index is 2.09. The number of carbonyl (C=O) groups excluding carboxylic acids is 1. The van der Waals surface area contributed by atoms with Crippen LogP contribution in [0.2, 0.25) is 0 Å². The second-order valence-electron chi connectivity index (χ2n) is 4.71. The highest BCUT2D eigenvalue weighted by Gasteiger charge is 2.19. The standard InChI is InChI=1S/C12H24N2O/c1-3-4-9-13-12(15)14-11-7-5-10(2)6-8-11/h10-11H,3-9H2,1-2H3,(H2,13,14,15). The monoisotopic (exact) mass is 212 g/mol. The van der Waals surface area contributed by atoms with Crippen molar-refractivity contribution < 1.29 is 4.79 Å². The zero-order valence-corrected chi connectivity index (χ0v) is 10.0. The van der Waals surface area contributed by atoms with Crippen LogP contribution in [-0.4, -0.2) is 18.6 Å². The SMILES string of the molecule is CCCCNC(=O)NC1CCC(C)CC1. The van der Waals surface area contributed by atoms with Gasteiger partial charge in [-0.1, -0.05) is 20.3 Å². The van der Waals surface area contributed by atoms with Gasteiger partial charge in [-0.3, -0.25) is 0 Å². The molecule has 0 radical (unpaired) electrons. The number of hydrogen-bond acceptors (Lipinski definition) is 1. The van der Waals surface area contributed by atoms with Crippen LogP contribution >= 0.6 is 0 Å². The maximum atomic E-state index is 11.4. The zero-order chi connectivity index (χ0) is 11.1. The summed E-state index contributed by atoms with van der Waals surface area (Å²) in [5, 5.41) is 5.94. The highest BCUT2D eigenvalue weighted by Crippen LogP contribution is 2.23. The molecule has 1 aliphatic rings. The molecule has 0 saturated heterocycles. The van der Waals surface area contributed by atoms with Crippen molar-refractivity contribution in [3.8, 4) is 0 Å². The highest BCUT2D eigenvalue weighted by atomic mass is 16.2. The van der Waals surface area contributed by atoms with Crippen molar-refractivity contribution in [2.75, 3.05) is 6.54 Å². The van der Waals surface area contributed by atoms with E-state index in [1.807, 2.05) is 0 Å². The first kappa shape index (κ1) is 12.3. The average molecular weight is 212 g/mol. The van der Waals surface area contributed by atoms with E-state index in [2.05, 4.69) is 24.5 Å². The summed E-state index contributed by atoms with van der Waals surface area (Å²) in [6.45, 7) is 5.21. The molecule has 0 aliphatic heterocycles. The van der Waals surface area contributed by atoms with Gasteiger partial charge in [-0.2, -0.15) is 0 Å². The Bertz CT molecular complexity index is 186. The van der Waals surface area contributed by atoms with Gasteiger partial charge in [-0.25, -0.2) is 4.79 Å². The lowest BCUT2D eigenvalue weighted by Gasteiger charge is -2.26. The average Bonchev–Trinajstić information content (AvgIpc) is 2.22. The lowest BCUT2D eigenvalue weighted by molar-refractivity contribution is 0.228. The van der Waals surface area contributed by atoms with Gasteiger partial charge < -0.3 is 10.6 Å². The molecule has 1 aliphatic carbocycles. The smallest absolute Gasteiger partial charge is 0.315 e. The number of rotatable bonds is 4. The van der Waals surface area contributed by atoms with Crippen molar-refractivity contribution in [2.24, 2.45) is 5.92 Å². The number of nitrogens with one attached hydrogen (secondary N) is 2. The summed E-state index contributed by atoms with van der Waals surface area (Å²) in [5.41, 5.74) is 0. The van der Waals surface area contributed by atoms with Gasteiger partial charge in [0.1, 0.15) is 0 Å². The van der Waals surface area contributed by atoms with Crippen LogP contribution in [0.1, 0.15) is 52.4 Å². The predicted octanol–water partition coefficient (Wildman–Crippen LogP) is 2.66. The summed E-state index contributed by atoms with van der Waals surface area (Å²) in [4.78, 5) is 11.4. The Morgan fingerprint density at radius 1 is 1.27 bits per heavy atom. The molecule has 1 saturated carbocycles. The van der Waals surface area contributed by atoms with Crippen LogP contribution in [0.3, 0.4) is 0 Å². The Morgan fingerprint density at radius 2 is 1.93 bits per heavy atom. The topological polar surface area (TPSA) is 41.1 Å². The van der Waals surface area contributed by atoms with Crippen LogP contribution in [-0.2, 0) is 0 Å². The second kappa shape index (κ2) is 6.70. The fourth-order valence-electron chi connectivity index (χ4n) is 2.02. The zero-order valence-electron chi connectivity index (χ0n) is 10.0. The molecule has 1 fully saturated rings. The van der Waals surface area contributed by atoms with Gasteiger partial charge in [0, 0.05) is 12.6 Å². The van der Waals surface area contributed by atoms with Crippen LogP contribution in [0.25, 0.3) is 0 Å². The van der Waals surface area contributed by atoms with E-state index in [0.29, 0.717) is 6.04 Å². The lowest BCUT2D eigenvalue weighted by Crippen LogP contribution is -2.43. The Hall–Kier alpha value is -0.730. The third-order valence-corrected chi connectivity index (χ3v) is 3.17. The quantitative estimate of drug-likeness (QED) is 0.691. The van der Waals surface area contributed by atoms with Gasteiger partial charge >= 0.3 is 6.03 Å². The number of hydrogen-bond donors (Lipinski definition) is 2. The Kier molecular flexibility index (Phi) is 5.51. The van der Waals surface area contributed by atoms with Crippen molar-refractivity contribution in [3.63, 3.8) is 0 Å². The minimum Gasteiger partial charge on any atom is -0.338 e. The van der Waals surface area contributed by atoms with E-state index >= 15 is 0 Å². The summed E-state index contributed by atoms with van der Waals surface area (Å²) < 4.78 is 0. The minimum absolute atomic E-state index is 0.0167. The minimum atomic E-state index is 0.0167. The molecule has 3 heteroatoms. The van der Waals surface area contributed by atoms with Crippen LogP contribution in [0, 0.1) is 5.92 Å². The third-order valence-electron chi connectivity index (χ3n) is 3.17. The number of urea groups is 1. The Labute approximate surface area is 93.0 Å². The van der Waals surface area contributed by atoms with E-state index in [1.165, 1.54) is 12.8 Å². The van der Waals surface area contributed by atoms with E-state index in [4.69, 9.17) is 0 Å². The van der Waals surface area contributed by atoms with Crippen LogP contribution < -0.4 is 10.6 Å². The Morgan fingerprint density at radius 3 is 2.53 bits per heavy atom. The van der Waals surface area contributed by atoms with Gasteiger partial charge in [0.2, 0.25) is 0 Å². The molecule has 3 nitrogen and oxygen atoms in total. The molecule has 0 atom stereocenters. The molecule has 0 unspecified atom stereocenters. The first-order valence-electron chi connectivity index (χ1n) is 6.26. The van der Waals surface area contributed by atoms with E-state index in [9.17, 15) is 4.79 Å². The van der Waals surface area contributed by atoms with Crippen LogP contribution in [0.5, 0.6) is 0 Å². The van der Waals surface area contributed by atoms with E-state index < -0.39 is 0 Å². The van der Waals surface area contributed by atoms with Crippen molar-refractivity contribution in [2.45, 2.75) is 58.4 Å². The first-order valence-corrected chi connectivity index (χ1v) is 6.26. The van der Waals surface area contributed by atoms with E-state index in [1.54, 1.807) is 0 Å². The maximum absolute atomic E-state index is 11.4. The van der Waals surface area contributed by atoms with Gasteiger partial charge in [0.25, 0.3) is 0 Å². The van der Waals surface area contributed by atoms with Crippen molar-refractivity contribution in [3.05, 3.63) is 0 Å². The number of unbranched alkanes of at least 4 members (excludes halogenated alkanes) is 1. The largest absolute Gasteiger partial charge is 0.338 e. The van der Waals surface area contributed by atoms with Crippen LogP contribution in [0.4, 0.5) is 4.79 Å². The summed E-state index contributed by atoms with van der Waals surface area (Å²) >= 11 is 0. The molecule has 0 aromatic heterocycles. The molecule has 0 aromatic rings. The summed E-state index contributed by atoms with van der Waals surface area (Å²) in [5.74, 6) is 0.839. The van der Waals surface area contributed by atoms with Crippen molar-refractivity contribution >= 4 is 6.03 Å². The lowest BCUT2D eigenvalue weighted by atomic mass is 9.87. The summed E-state index contributed by atoms with van der Waals surface area (Å²) in [7, 11) is 0. The molecular weight excluding hydrogens is 188 g/mol. The fraction of sp³-hybridized carbons (Fsp3) is 0.917. The summed E-state index contributed by atoms with van der Waals surface area (Å²) in [6, 6.07) is 0.422. The van der Waals surface area contributed by atoms with Crippen LogP contribution in [0.15, 0.2) is 0 Å². The first-order chi connectivity index (χ1) is 7.22. The predicted molar refractivity (Wildman–Crippen MR) is 62.9 cm³/mol. The molecule has 2 amide bonds. The normalized spacial score (nSPS) is 26.0. The maximum Gasteiger partial charge on any atom is 0.315 e. The van der Waals surface area contributed by atoms with Gasteiger partial charge in [-0.15, -0.1) is 0 Å². The molecular formula is C12H24N2O. The van der Waals surface area contributed by atoms with E-state index in [-0.39, 0.29) is 6.03 Å². The molecule has 2 N–H and O–H groups in total. The number of amides is 2. The van der Waals surface area contributed by atoms with Gasteiger partial charge in [0.05, 0.1) is 0 Å². The van der Waals surface area contributed by atoms with Gasteiger partial charge in [0.15, 0.2) is 0 Å². The molecule has 0 heterocycles. The molecule has 0 aromatic carbocycles. The second-order valence-corrected chi connectivity index (χ2v) is 4.71. The van der Waals surface area contributed by atoms with E-state index in [0.717, 1.165) is 38.1 Å².